The van der Waals surface area contributed by atoms with E-state index in [1.54, 1.807) is 0 Å². The first-order valence-electron chi connectivity index (χ1n) is 6.63. The Kier molecular flexibility index (Phi) is 6.23. The maximum atomic E-state index is 3.43. The third kappa shape index (κ3) is 4.14. The van der Waals surface area contributed by atoms with Crippen LogP contribution in [0.15, 0.2) is 30.3 Å². The van der Waals surface area contributed by atoms with Gasteiger partial charge in [-0.15, -0.1) is 0 Å². The predicted octanol–water partition coefficient (Wildman–Crippen LogP) is 3.07. The van der Waals surface area contributed by atoms with E-state index in [9.17, 15) is 0 Å². The van der Waals surface area contributed by atoms with Crippen LogP contribution < -0.4 is 5.32 Å². The molecule has 0 spiro atoms. The lowest BCUT2D eigenvalue weighted by molar-refractivity contribution is 0.209. The smallest absolute Gasteiger partial charge is 0.0472 e. The van der Waals surface area contributed by atoms with Crippen molar-refractivity contribution in [2.45, 2.75) is 38.8 Å². The van der Waals surface area contributed by atoms with Crippen molar-refractivity contribution >= 4 is 0 Å². The van der Waals surface area contributed by atoms with Crippen molar-refractivity contribution in [1.82, 2.24) is 10.2 Å². The van der Waals surface area contributed by atoms with E-state index in [2.05, 4.69) is 61.4 Å². The zero-order chi connectivity index (χ0) is 12.7. The van der Waals surface area contributed by atoms with Crippen molar-refractivity contribution in [2.24, 2.45) is 0 Å². The fraction of sp³-hybridized carbons (Fsp3) is 0.600. The number of likely N-dealkylation sites (N-methyl/N-ethyl adjacent to an activating group) is 2. The Hall–Kier alpha value is -0.860. The molecule has 0 radical (unpaired) electrons. The van der Waals surface area contributed by atoms with Crippen LogP contribution in [0.4, 0.5) is 0 Å². The molecule has 2 unspecified atom stereocenters. The SMILES string of the molecule is CCCCN(C)C(C)C(NC)c1ccccc1. The minimum absolute atomic E-state index is 0.401. The molecule has 0 saturated carbocycles. The lowest BCUT2D eigenvalue weighted by atomic mass is 9.99. The molecule has 1 rings (SSSR count). The molecule has 0 amide bonds. The molecule has 96 valence electrons. The fourth-order valence-corrected chi connectivity index (χ4v) is 2.21. The van der Waals surface area contributed by atoms with E-state index in [1.807, 2.05) is 7.05 Å². The molecule has 2 heteroatoms. The second kappa shape index (κ2) is 7.46. The Balaban J connectivity index is 2.67. The molecule has 17 heavy (non-hydrogen) atoms. The number of unbranched alkanes of at least 4 members (excludes halogenated alkanes) is 1. The van der Waals surface area contributed by atoms with E-state index in [4.69, 9.17) is 0 Å². The number of rotatable bonds is 7. The van der Waals surface area contributed by atoms with Crippen LogP contribution in [0.25, 0.3) is 0 Å². The Morgan fingerprint density at radius 1 is 1.24 bits per heavy atom. The van der Waals surface area contributed by atoms with Crippen LogP contribution in [0.5, 0.6) is 0 Å². The summed E-state index contributed by atoms with van der Waals surface area (Å²) in [7, 11) is 4.26. The molecule has 0 aliphatic heterocycles. The molecule has 0 aliphatic carbocycles. The number of nitrogens with zero attached hydrogens (tertiary/aromatic N) is 1. The van der Waals surface area contributed by atoms with Gasteiger partial charge in [0.25, 0.3) is 0 Å². The average molecular weight is 234 g/mol. The van der Waals surface area contributed by atoms with Gasteiger partial charge in [-0.25, -0.2) is 0 Å². The van der Waals surface area contributed by atoms with Gasteiger partial charge in [-0.3, -0.25) is 0 Å². The van der Waals surface area contributed by atoms with Gasteiger partial charge in [0, 0.05) is 12.1 Å². The minimum atomic E-state index is 0.401. The lowest BCUT2D eigenvalue weighted by Gasteiger charge is -2.32. The second-order valence-electron chi connectivity index (χ2n) is 4.75. The lowest BCUT2D eigenvalue weighted by Crippen LogP contribution is -2.40. The van der Waals surface area contributed by atoms with Gasteiger partial charge in [0.2, 0.25) is 0 Å². The Labute approximate surface area is 106 Å². The third-order valence-corrected chi connectivity index (χ3v) is 3.51. The summed E-state index contributed by atoms with van der Waals surface area (Å²) in [4.78, 5) is 2.44. The predicted molar refractivity (Wildman–Crippen MR) is 75.2 cm³/mol. The van der Waals surface area contributed by atoms with Crippen molar-refractivity contribution in [3.8, 4) is 0 Å². The van der Waals surface area contributed by atoms with Crippen LogP contribution in [0.2, 0.25) is 0 Å². The molecule has 0 saturated heterocycles. The Morgan fingerprint density at radius 3 is 2.41 bits per heavy atom. The highest BCUT2D eigenvalue weighted by Crippen LogP contribution is 2.19. The van der Waals surface area contributed by atoms with E-state index < -0.39 is 0 Å². The molecule has 1 aromatic rings. The van der Waals surface area contributed by atoms with Gasteiger partial charge in [-0.2, -0.15) is 0 Å². The van der Waals surface area contributed by atoms with Crippen molar-refractivity contribution < 1.29 is 0 Å². The van der Waals surface area contributed by atoms with Gasteiger partial charge in [-0.05, 0) is 39.5 Å². The van der Waals surface area contributed by atoms with Crippen LogP contribution in [-0.2, 0) is 0 Å². The highest BCUT2D eigenvalue weighted by Gasteiger charge is 2.20. The standard InChI is InChI=1S/C15H26N2/c1-5-6-12-17(4)13(2)15(16-3)14-10-8-7-9-11-14/h7-11,13,15-16H,5-6,12H2,1-4H3. The first-order chi connectivity index (χ1) is 8.20. The highest BCUT2D eigenvalue weighted by atomic mass is 15.2. The van der Waals surface area contributed by atoms with Crippen molar-refractivity contribution in [3.05, 3.63) is 35.9 Å². The van der Waals surface area contributed by atoms with Crippen LogP contribution in [0.3, 0.4) is 0 Å². The van der Waals surface area contributed by atoms with Crippen LogP contribution in [0, 0.1) is 0 Å². The van der Waals surface area contributed by atoms with Gasteiger partial charge < -0.3 is 10.2 Å². The largest absolute Gasteiger partial charge is 0.312 e. The summed E-state index contributed by atoms with van der Waals surface area (Å²) in [5.74, 6) is 0. The summed E-state index contributed by atoms with van der Waals surface area (Å²) in [6.45, 7) is 5.71. The number of nitrogens with one attached hydrogen (secondary N) is 1. The Bertz CT molecular complexity index is 297. The molecule has 2 nitrogen and oxygen atoms in total. The number of hydrogen-bond acceptors (Lipinski definition) is 2. The summed E-state index contributed by atoms with van der Waals surface area (Å²) in [6, 6.07) is 11.6. The summed E-state index contributed by atoms with van der Waals surface area (Å²) in [5.41, 5.74) is 1.37. The van der Waals surface area contributed by atoms with E-state index >= 15 is 0 Å². The topological polar surface area (TPSA) is 15.3 Å². The first kappa shape index (κ1) is 14.2. The zero-order valence-electron chi connectivity index (χ0n) is 11.6. The molecule has 2 atom stereocenters. The molecular weight excluding hydrogens is 208 g/mol. The van der Waals surface area contributed by atoms with Gasteiger partial charge in [0.05, 0.1) is 0 Å². The number of benzene rings is 1. The van der Waals surface area contributed by atoms with Crippen LogP contribution in [0.1, 0.15) is 38.3 Å². The fourth-order valence-electron chi connectivity index (χ4n) is 2.21. The monoisotopic (exact) mass is 234 g/mol. The van der Waals surface area contributed by atoms with E-state index in [0.29, 0.717) is 12.1 Å². The minimum Gasteiger partial charge on any atom is -0.312 e. The van der Waals surface area contributed by atoms with E-state index in [-0.39, 0.29) is 0 Å². The molecular formula is C15H26N2. The molecule has 0 heterocycles. The van der Waals surface area contributed by atoms with E-state index in [0.717, 1.165) is 0 Å². The van der Waals surface area contributed by atoms with E-state index in [1.165, 1.54) is 24.9 Å². The molecule has 0 fully saturated rings. The molecule has 0 bridgehead atoms. The Morgan fingerprint density at radius 2 is 1.88 bits per heavy atom. The maximum absolute atomic E-state index is 3.43. The number of hydrogen-bond donors (Lipinski definition) is 1. The second-order valence-corrected chi connectivity index (χ2v) is 4.75. The van der Waals surface area contributed by atoms with Gasteiger partial charge in [0.15, 0.2) is 0 Å². The van der Waals surface area contributed by atoms with Gasteiger partial charge >= 0.3 is 0 Å². The summed E-state index contributed by atoms with van der Waals surface area (Å²) in [6.07, 6.45) is 2.53. The van der Waals surface area contributed by atoms with Crippen molar-refractivity contribution in [2.75, 3.05) is 20.6 Å². The van der Waals surface area contributed by atoms with Crippen molar-refractivity contribution in [1.29, 1.82) is 0 Å². The first-order valence-corrected chi connectivity index (χ1v) is 6.63. The normalized spacial score (nSPS) is 14.9. The van der Waals surface area contributed by atoms with Crippen molar-refractivity contribution in [3.63, 3.8) is 0 Å². The molecule has 0 aliphatic rings. The quantitative estimate of drug-likeness (QED) is 0.780. The molecule has 1 aromatic carbocycles. The van der Waals surface area contributed by atoms with Gasteiger partial charge in [-0.1, -0.05) is 43.7 Å². The summed E-state index contributed by atoms with van der Waals surface area (Å²) >= 11 is 0. The van der Waals surface area contributed by atoms with Crippen LogP contribution >= 0.6 is 0 Å². The van der Waals surface area contributed by atoms with Crippen LogP contribution in [-0.4, -0.2) is 31.6 Å². The maximum Gasteiger partial charge on any atom is 0.0472 e. The zero-order valence-corrected chi connectivity index (χ0v) is 11.6. The molecule has 0 aromatic heterocycles. The molecule has 1 N–H and O–H groups in total. The average Bonchev–Trinajstić information content (AvgIpc) is 2.38. The highest BCUT2D eigenvalue weighted by molar-refractivity contribution is 5.20. The summed E-state index contributed by atoms with van der Waals surface area (Å²) < 4.78 is 0. The van der Waals surface area contributed by atoms with Gasteiger partial charge in [0.1, 0.15) is 0 Å². The summed E-state index contributed by atoms with van der Waals surface area (Å²) in [5, 5.41) is 3.43. The third-order valence-electron chi connectivity index (χ3n) is 3.51.